The summed E-state index contributed by atoms with van der Waals surface area (Å²) in [7, 11) is 0. The molecule has 20 heavy (non-hydrogen) atoms. The number of hydrogen-bond donors (Lipinski definition) is 0. The van der Waals surface area contributed by atoms with Gasteiger partial charge in [0.05, 0.1) is 0 Å². The average molecular weight is 267 g/mol. The van der Waals surface area contributed by atoms with Crippen molar-refractivity contribution in [2.24, 2.45) is 0 Å². The van der Waals surface area contributed by atoms with E-state index in [1.807, 2.05) is 12.1 Å². The summed E-state index contributed by atoms with van der Waals surface area (Å²) >= 11 is 0. The van der Waals surface area contributed by atoms with E-state index >= 15 is 0 Å². The summed E-state index contributed by atoms with van der Waals surface area (Å²) in [5.41, 5.74) is 1.63. The van der Waals surface area contributed by atoms with Gasteiger partial charge in [-0.25, -0.2) is 0 Å². The molecule has 0 amide bonds. The number of carbonyl (C=O) groups is 2. The first-order valence-corrected chi connectivity index (χ1v) is 6.82. The van der Waals surface area contributed by atoms with Gasteiger partial charge in [-0.1, -0.05) is 43.7 Å². The van der Waals surface area contributed by atoms with Gasteiger partial charge in [-0.15, -0.1) is 0 Å². The molecule has 0 spiro atoms. The van der Waals surface area contributed by atoms with Crippen molar-refractivity contribution in [2.75, 3.05) is 0 Å². The molecule has 0 radical (unpaired) electrons. The summed E-state index contributed by atoms with van der Waals surface area (Å²) in [6.07, 6.45) is 4.39. The number of ketones is 2. The Kier molecular flexibility index (Phi) is 4.77. The van der Waals surface area contributed by atoms with Gasteiger partial charge in [0.15, 0.2) is 0 Å². The number of carbonyl (C=O) groups excluding carboxylic acids is 2. The Morgan fingerprint density at radius 3 is 2.45 bits per heavy atom. The van der Waals surface area contributed by atoms with E-state index in [0.717, 1.165) is 24.8 Å². The summed E-state index contributed by atoms with van der Waals surface area (Å²) in [6, 6.07) is 12.3. The number of benzene rings is 1. The van der Waals surface area contributed by atoms with Gasteiger partial charge in [-0.05, 0) is 30.5 Å². The number of aromatic nitrogens is 1. The molecule has 3 nitrogen and oxygen atoms in total. The summed E-state index contributed by atoms with van der Waals surface area (Å²) in [6.45, 7) is 2.10. The molecule has 0 aliphatic rings. The van der Waals surface area contributed by atoms with Crippen molar-refractivity contribution in [2.45, 2.75) is 26.2 Å². The van der Waals surface area contributed by atoms with E-state index in [0.29, 0.717) is 5.56 Å². The molecule has 0 atom stereocenters. The van der Waals surface area contributed by atoms with E-state index in [2.05, 4.69) is 11.9 Å². The third kappa shape index (κ3) is 3.18. The monoisotopic (exact) mass is 267 g/mol. The number of nitrogens with zero attached hydrogens (tertiary/aromatic N) is 1. The van der Waals surface area contributed by atoms with Gasteiger partial charge in [0.1, 0.15) is 5.69 Å². The smallest absolute Gasteiger partial charge is 0.251 e. The Morgan fingerprint density at radius 1 is 1.00 bits per heavy atom. The van der Waals surface area contributed by atoms with E-state index in [-0.39, 0.29) is 5.69 Å². The lowest BCUT2D eigenvalue weighted by molar-refractivity contribution is 0.0813. The van der Waals surface area contributed by atoms with Crippen LogP contribution in [0, 0.1) is 0 Å². The van der Waals surface area contributed by atoms with Crippen LogP contribution in [0.3, 0.4) is 0 Å². The summed E-state index contributed by atoms with van der Waals surface area (Å²) in [5.74, 6) is -1.02. The van der Waals surface area contributed by atoms with Crippen LogP contribution in [0.1, 0.15) is 46.2 Å². The molecule has 1 aromatic heterocycles. The number of Topliss-reactive ketones (excluding diaryl/α,β-unsaturated/α-hetero) is 2. The molecule has 1 aromatic carbocycles. The van der Waals surface area contributed by atoms with E-state index in [1.165, 1.54) is 6.20 Å². The van der Waals surface area contributed by atoms with Crippen molar-refractivity contribution < 1.29 is 9.59 Å². The SMILES string of the molecule is CCCCc1ccccc1C(=O)C(=O)c1ccccn1. The molecule has 0 aliphatic carbocycles. The minimum absolute atomic E-state index is 0.197. The van der Waals surface area contributed by atoms with Crippen LogP contribution in [0.5, 0.6) is 0 Å². The highest BCUT2D eigenvalue weighted by Gasteiger charge is 2.21. The van der Waals surface area contributed by atoms with Gasteiger partial charge >= 0.3 is 0 Å². The zero-order valence-corrected chi connectivity index (χ0v) is 11.5. The van der Waals surface area contributed by atoms with Crippen LogP contribution in [0.15, 0.2) is 48.7 Å². The average Bonchev–Trinajstić information content (AvgIpc) is 2.52. The zero-order valence-electron chi connectivity index (χ0n) is 11.5. The highest BCUT2D eigenvalue weighted by molar-refractivity contribution is 6.49. The number of unbranched alkanes of at least 4 members (excludes halogenated alkanes) is 1. The summed E-state index contributed by atoms with van der Waals surface area (Å²) in [4.78, 5) is 28.4. The predicted octanol–water partition coefficient (Wildman–Crippen LogP) is 3.49. The molecule has 0 fully saturated rings. The summed E-state index contributed by atoms with van der Waals surface area (Å²) in [5, 5.41) is 0. The van der Waals surface area contributed by atoms with Gasteiger partial charge < -0.3 is 0 Å². The topological polar surface area (TPSA) is 47.0 Å². The molecule has 0 aliphatic heterocycles. The third-order valence-corrected chi connectivity index (χ3v) is 3.17. The zero-order chi connectivity index (χ0) is 14.4. The third-order valence-electron chi connectivity index (χ3n) is 3.17. The Hall–Kier alpha value is -2.29. The maximum absolute atomic E-state index is 12.3. The molecule has 0 saturated carbocycles. The molecule has 2 rings (SSSR count). The Labute approximate surface area is 118 Å². The fourth-order valence-corrected chi connectivity index (χ4v) is 2.06. The molecule has 0 saturated heterocycles. The van der Waals surface area contributed by atoms with Crippen molar-refractivity contribution in [1.29, 1.82) is 0 Å². The maximum atomic E-state index is 12.3. The number of pyridine rings is 1. The second-order valence-electron chi connectivity index (χ2n) is 4.63. The van der Waals surface area contributed by atoms with E-state index in [4.69, 9.17) is 0 Å². The molecule has 0 unspecified atom stereocenters. The normalized spacial score (nSPS) is 10.2. The Bertz CT molecular complexity index is 605. The second kappa shape index (κ2) is 6.75. The van der Waals surface area contributed by atoms with Gasteiger partial charge in [0.25, 0.3) is 5.78 Å². The highest BCUT2D eigenvalue weighted by atomic mass is 16.2. The quantitative estimate of drug-likeness (QED) is 0.594. The first-order valence-electron chi connectivity index (χ1n) is 6.82. The lowest BCUT2D eigenvalue weighted by Gasteiger charge is -2.07. The highest BCUT2D eigenvalue weighted by Crippen LogP contribution is 2.14. The fraction of sp³-hybridized carbons (Fsp3) is 0.235. The van der Waals surface area contributed by atoms with Crippen LogP contribution < -0.4 is 0 Å². The van der Waals surface area contributed by atoms with Crippen LogP contribution in [-0.4, -0.2) is 16.6 Å². The number of rotatable bonds is 6. The molecule has 0 bridgehead atoms. The lowest BCUT2D eigenvalue weighted by atomic mass is 9.96. The van der Waals surface area contributed by atoms with Crippen LogP contribution in [0.2, 0.25) is 0 Å². The molecule has 102 valence electrons. The Morgan fingerprint density at radius 2 is 1.75 bits per heavy atom. The lowest BCUT2D eigenvalue weighted by Crippen LogP contribution is -2.17. The molecule has 3 heteroatoms. The van der Waals surface area contributed by atoms with Crippen molar-refractivity contribution >= 4 is 11.6 Å². The maximum Gasteiger partial charge on any atom is 0.251 e. The van der Waals surface area contributed by atoms with Crippen LogP contribution >= 0.6 is 0 Å². The van der Waals surface area contributed by atoms with Gasteiger partial charge in [-0.2, -0.15) is 0 Å². The van der Waals surface area contributed by atoms with E-state index in [9.17, 15) is 9.59 Å². The minimum atomic E-state index is -0.547. The van der Waals surface area contributed by atoms with E-state index in [1.54, 1.807) is 30.3 Å². The van der Waals surface area contributed by atoms with Crippen molar-refractivity contribution in [3.8, 4) is 0 Å². The van der Waals surface area contributed by atoms with Crippen molar-refractivity contribution in [3.63, 3.8) is 0 Å². The summed E-state index contributed by atoms with van der Waals surface area (Å²) < 4.78 is 0. The first-order chi connectivity index (χ1) is 9.74. The number of aryl methyl sites for hydroxylation is 1. The Balaban J connectivity index is 2.27. The van der Waals surface area contributed by atoms with Gasteiger partial charge in [0, 0.05) is 11.8 Å². The van der Waals surface area contributed by atoms with Crippen LogP contribution in [0.25, 0.3) is 0 Å². The van der Waals surface area contributed by atoms with Gasteiger partial charge in [-0.3, -0.25) is 14.6 Å². The van der Waals surface area contributed by atoms with Crippen molar-refractivity contribution in [3.05, 3.63) is 65.5 Å². The first kappa shape index (κ1) is 14.1. The minimum Gasteiger partial charge on any atom is -0.285 e. The predicted molar refractivity (Wildman–Crippen MR) is 78.0 cm³/mol. The van der Waals surface area contributed by atoms with Crippen LogP contribution in [-0.2, 0) is 6.42 Å². The largest absolute Gasteiger partial charge is 0.285 e. The molecule has 0 N–H and O–H groups in total. The molecular formula is C17H17NO2. The molecular weight excluding hydrogens is 250 g/mol. The van der Waals surface area contributed by atoms with Crippen molar-refractivity contribution in [1.82, 2.24) is 4.98 Å². The second-order valence-corrected chi connectivity index (χ2v) is 4.63. The van der Waals surface area contributed by atoms with Crippen LogP contribution in [0.4, 0.5) is 0 Å². The number of hydrogen-bond acceptors (Lipinski definition) is 3. The fourth-order valence-electron chi connectivity index (χ4n) is 2.06. The standard InChI is InChI=1S/C17H17NO2/c1-2-3-8-13-9-4-5-10-14(13)16(19)17(20)15-11-6-7-12-18-15/h4-7,9-12H,2-3,8H2,1H3. The van der Waals surface area contributed by atoms with Gasteiger partial charge in [0.2, 0.25) is 5.78 Å². The molecule has 2 aromatic rings. The molecule has 1 heterocycles. The van der Waals surface area contributed by atoms with E-state index < -0.39 is 11.6 Å².